The normalized spacial score (nSPS) is 14.2. The van der Waals surface area contributed by atoms with Crippen molar-refractivity contribution < 1.29 is 39.2 Å². The molecule has 0 bridgehead atoms. The number of aryl methyl sites for hydroxylation is 1. The van der Waals surface area contributed by atoms with Crippen LogP contribution in [0.3, 0.4) is 0 Å². The molecule has 0 aliphatic carbocycles. The molecule has 0 amide bonds. The van der Waals surface area contributed by atoms with Crippen LogP contribution < -0.4 is 4.72 Å². The van der Waals surface area contributed by atoms with Crippen molar-refractivity contribution in [3.63, 3.8) is 0 Å². The highest BCUT2D eigenvalue weighted by Crippen LogP contribution is 2.37. The maximum atomic E-state index is 13.4. The molecule has 1 atom stereocenters. The van der Waals surface area contributed by atoms with Gasteiger partial charge in [-0.15, -0.1) is 0 Å². The highest BCUT2D eigenvalue weighted by molar-refractivity contribution is 7.89. The number of nitrogens with one attached hydrogen (secondary N) is 1. The molecule has 0 fully saturated rings. The van der Waals surface area contributed by atoms with Gasteiger partial charge in [0, 0.05) is 6.20 Å². The number of rotatable bonds is 4. The molecule has 0 aliphatic heterocycles. The van der Waals surface area contributed by atoms with Crippen molar-refractivity contribution in [2.24, 2.45) is 0 Å². The molecule has 0 saturated heterocycles. The third-order valence-electron chi connectivity index (χ3n) is 3.48. The second-order valence-electron chi connectivity index (χ2n) is 5.51. The van der Waals surface area contributed by atoms with Gasteiger partial charge in [-0.2, -0.15) is 31.1 Å². The average molecular weight is 416 g/mol. The topological polar surface area (TPSA) is 59.1 Å². The molecule has 1 heterocycles. The van der Waals surface area contributed by atoms with Crippen LogP contribution >= 0.6 is 0 Å². The summed E-state index contributed by atoms with van der Waals surface area (Å²) in [6.45, 7) is 0.949. The Balaban J connectivity index is 2.47. The van der Waals surface area contributed by atoms with Gasteiger partial charge in [-0.1, -0.05) is 12.1 Å². The molecule has 2 aromatic rings. The Hall–Kier alpha value is -2.21. The van der Waals surface area contributed by atoms with Gasteiger partial charge < -0.3 is 0 Å². The van der Waals surface area contributed by atoms with Crippen LogP contribution in [-0.4, -0.2) is 19.6 Å². The summed E-state index contributed by atoms with van der Waals surface area (Å²) in [5.41, 5.74) is -2.41. The Bertz CT molecular complexity index is 940. The van der Waals surface area contributed by atoms with Crippen molar-refractivity contribution in [1.29, 1.82) is 0 Å². The van der Waals surface area contributed by atoms with Gasteiger partial charge in [-0.3, -0.25) is 4.98 Å². The summed E-state index contributed by atoms with van der Waals surface area (Å²) in [4.78, 5) is 2.38. The second kappa shape index (κ2) is 7.08. The molecule has 0 unspecified atom stereocenters. The minimum Gasteiger partial charge on any atom is -0.260 e. The van der Waals surface area contributed by atoms with Gasteiger partial charge in [0.1, 0.15) is 16.8 Å². The number of sulfonamides is 1. The first-order valence-electron chi connectivity index (χ1n) is 7.09. The van der Waals surface area contributed by atoms with E-state index in [1.54, 1.807) is 0 Å². The fourth-order valence-corrected chi connectivity index (χ4v) is 3.45. The zero-order valence-corrected chi connectivity index (χ0v) is 14.2. The highest BCUT2D eigenvalue weighted by atomic mass is 32.2. The zero-order valence-electron chi connectivity index (χ0n) is 13.4. The van der Waals surface area contributed by atoms with Crippen LogP contribution in [-0.2, 0) is 16.2 Å². The van der Waals surface area contributed by atoms with Crippen LogP contribution in [0.2, 0.25) is 0 Å². The molecule has 2 rings (SSSR count). The molecule has 148 valence electrons. The molecular weight excluding hydrogens is 405 g/mol. The summed E-state index contributed by atoms with van der Waals surface area (Å²) >= 11 is 0. The molecule has 4 nitrogen and oxygen atoms in total. The predicted molar refractivity (Wildman–Crippen MR) is 79.5 cm³/mol. The Morgan fingerprint density at radius 2 is 1.67 bits per heavy atom. The molecule has 0 radical (unpaired) electrons. The van der Waals surface area contributed by atoms with Gasteiger partial charge in [0.2, 0.25) is 10.0 Å². The fourth-order valence-electron chi connectivity index (χ4n) is 2.27. The lowest BCUT2D eigenvalue weighted by Crippen LogP contribution is -2.38. The lowest BCUT2D eigenvalue weighted by atomic mass is 10.0. The smallest absolute Gasteiger partial charge is 0.260 e. The van der Waals surface area contributed by atoms with Crippen LogP contribution in [0.1, 0.15) is 22.7 Å². The summed E-state index contributed by atoms with van der Waals surface area (Å²) < 4.78 is 117. The van der Waals surface area contributed by atoms with Crippen LogP contribution in [0.25, 0.3) is 0 Å². The Morgan fingerprint density at radius 1 is 1.04 bits per heavy atom. The molecule has 0 aliphatic rings. The number of halogens is 7. The lowest BCUT2D eigenvalue weighted by molar-refractivity contribution is -0.153. The monoisotopic (exact) mass is 416 g/mol. The third-order valence-corrected chi connectivity index (χ3v) is 4.87. The van der Waals surface area contributed by atoms with Gasteiger partial charge in [-0.25, -0.2) is 12.8 Å². The minimum atomic E-state index is -5.17. The van der Waals surface area contributed by atoms with Gasteiger partial charge in [0.25, 0.3) is 0 Å². The Morgan fingerprint density at radius 3 is 2.15 bits per heavy atom. The fraction of sp³-hybridized carbons (Fsp3) is 0.267. The summed E-state index contributed by atoms with van der Waals surface area (Å²) in [7, 11) is -4.86. The standard InChI is InChI=1S/C15H11F7N2O2S/c1-8-4-9(2-3-12(8)14(17,18)19)13(15(20,21)22)24-27(25,26)11-5-10(16)6-23-7-11/h2-7,13,24H,1H3/t13-/m1/s1. The highest BCUT2D eigenvalue weighted by Gasteiger charge is 2.44. The van der Waals surface area contributed by atoms with Gasteiger partial charge >= 0.3 is 12.4 Å². The second-order valence-corrected chi connectivity index (χ2v) is 7.22. The van der Waals surface area contributed by atoms with Crippen LogP contribution in [0.4, 0.5) is 30.7 Å². The van der Waals surface area contributed by atoms with E-state index < -0.39 is 55.8 Å². The van der Waals surface area contributed by atoms with E-state index in [9.17, 15) is 39.2 Å². The van der Waals surface area contributed by atoms with E-state index in [4.69, 9.17) is 0 Å². The van der Waals surface area contributed by atoms with Crippen LogP contribution in [0.5, 0.6) is 0 Å². The molecule has 1 N–H and O–H groups in total. The number of alkyl halides is 6. The summed E-state index contributed by atoms with van der Waals surface area (Å²) in [5.74, 6) is -1.09. The number of benzene rings is 1. The summed E-state index contributed by atoms with van der Waals surface area (Å²) in [5, 5.41) is 0. The van der Waals surface area contributed by atoms with Crippen LogP contribution in [0.15, 0.2) is 41.6 Å². The van der Waals surface area contributed by atoms with E-state index in [2.05, 4.69) is 4.98 Å². The number of hydrogen-bond donors (Lipinski definition) is 1. The van der Waals surface area contributed by atoms with E-state index in [0.29, 0.717) is 36.7 Å². The van der Waals surface area contributed by atoms with Crippen molar-refractivity contribution in [3.05, 3.63) is 59.2 Å². The zero-order chi connectivity index (χ0) is 20.6. The van der Waals surface area contributed by atoms with Crippen molar-refractivity contribution in [2.45, 2.75) is 30.2 Å². The van der Waals surface area contributed by atoms with Crippen molar-refractivity contribution >= 4 is 10.0 Å². The van der Waals surface area contributed by atoms with E-state index in [1.165, 1.54) is 4.72 Å². The molecular formula is C15H11F7N2O2S. The maximum Gasteiger partial charge on any atom is 0.416 e. The van der Waals surface area contributed by atoms with Gasteiger partial charge in [-0.05, 0) is 30.2 Å². The number of pyridine rings is 1. The predicted octanol–water partition coefficient (Wildman–Crippen LogP) is 4.13. The van der Waals surface area contributed by atoms with E-state index in [0.717, 1.165) is 6.92 Å². The van der Waals surface area contributed by atoms with Gasteiger partial charge in [0.05, 0.1) is 11.8 Å². The van der Waals surface area contributed by atoms with E-state index >= 15 is 0 Å². The first-order chi connectivity index (χ1) is 12.2. The lowest BCUT2D eigenvalue weighted by Gasteiger charge is -2.23. The average Bonchev–Trinajstić information content (AvgIpc) is 2.50. The summed E-state index contributed by atoms with van der Waals surface area (Å²) in [6, 6.07) is -0.831. The van der Waals surface area contributed by atoms with Gasteiger partial charge in [0.15, 0.2) is 0 Å². The quantitative estimate of drug-likeness (QED) is 0.763. The third kappa shape index (κ3) is 4.95. The SMILES string of the molecule is Cc1cc([C@@H](NS(=O)(=O)c2cncc(F)c2)C(F)(F)F)ccc1C(F)(F)F. The number of nitrogens with zero attached hydrogens (tertiary/aromatic N) is 1. The molecule has 27 heavy (non-hydrogen) atoms. The first kappa shape index (κ1) is 21.1. The van der Waals surface area contributed by atoms with E-state index in [-0.39, 0.29) is 0 Å². The molecule has 1 aromatic carbocycles. The first-order valence-corrected chi connectivity index (χ1v) is 8.57. The van der Waals surface area contributed by atoms with Crippen molar-refractivity contribution in [1.82, 2.24) is 9.71 Å². The van der Waals surface area contributed by atoms with Crippen LogP contribution in [0, 0.1) is 12.7 Å². The number of aromatic nitrogens is 1. The molecule has 0 saturated carbocycles. The molecule has 0 spiro atoms. The number of hydrogen-bond acceptors (Lipinski definition) is 3. The van der Waals surface area contributed by atoms with E-state index in [1.807, 2.05) is 0 Å². The summed E-state index contributed by atoms with van der Waals surface area (Å²) in [6.07, 6.45) is -8.65. The Kier molecular flexibility index (Phi) is 5.53. The Labute approximate surface area is 149 Å². The molecule has 1 aromatic heterocycles. The molecule has 12 heteroatoms. The maximum absolute atomic E-state index is 13.4. The van der Waals surface area contributed by atoms with Crippen molar-refractivity contribution in [2.75, 3.05) is 0 Å². The largest absolute Gasteiger partial charge is 0.416 e. The van der Waals surface area contributed by atoms with Crippen molar-refractivity contribution in [3.8, 4) is 0 Å². The minimum absolute atomic E-state index is 0.432.